The molecule has 152 valence electrons. The summed E-state index contributed by atoms with van der Waals surface area (Å²) in [5, 5.41) is 0. The first-order valence-electron chi connectivity index (χ1n) is 9.16. The first-order chi connectivity index (χ1) is 12.7. The molecule has 0 aromatic heterocycles. The van der Waals surface area contributed by atoms with Crippen molar-refractivity contribution in [2.75, 3.05) is 6.61 Å². The van der Waals surface area contributed by atoms with Crippen LogP contribution < -0.4 is 0 Å². The van der Waals surface area contributed by atoms with E-state index in [-0.39, 0.29) is 6.61 Å². The van der Waals surface area contributed by atoms with Crippen LogP contribution in [0.3, 0.4) is 0 Å². The predicted octanol–water partition coefficient (Wildman–Crippen LogP) is 6.48. The Bertz CT molecular complexity index is 489. The average Bonchev–Trinajstić information content (AvgIpc) is 2.61. The fourth-order valence-electron chi connectivity index (χ4n) is 4.07. The van der Waals surface area contributed by atoms with Gasteiger partial charge in [-0.3, -0.25) is 0 Å². The van der Waals surface area contributed by atoms with Crippen LogP contribution in [0, 0.1) is 0 Å². The molecular weight excluding hydrogens is 387 g/mol. The van der Waals surface area contributed by atoms with Gasteiger partial charge in [0.15, 0.2) is 0 Å². The normalized spacial score (nSPS) is 13.6. The van der Waals surface area contributed by atoms with Crippen molar-refractivity contribution in [2.24, 2.45) is 0 Å². The molecule has 0 fully saturated rings. The second kappa shape index (κ2) is 11.1. The van der Waals surface area contributed by atoms with E-state index in [1.165, 1.54) is 0 Å². The van der Waals surface area contributed by atoms with Gasteiger partial charge in [0.25, 0.3) is 0 Å². The first-order valence-corrected chi connectivity index (χ1v) is 18.1. The van der Waals surface area contributed by atoms with E-state index in [2.05, 4.69) is 46.1 Å². The fraction of sp³-hybridized carbons (Fsp3) is 0.333. The Hall–Kier alpha value is -1.08. The van der Waals surface area contributed by atoms with Crippen LogP contribution in [0.25, 0.3) is 0 Å². The third-order valence-corrected chi connectivity index (χ3v) is 38.5. The molecule has 0 spiro atoms. The summed E-state index contributed by atoms with van der Waals surface area (Å²) in [6.45, 7) is 27.2. The molecule has 0 aromatic rings. The van der Waals surface area contributed by atoms with Crippen molar-refractivity contribution < 1.29 is 14.3 Å². The molecule has 0 aliphatic heterocycles. The summed E-state index contributed by atoms with van der Waals surface area (Å²) in [6, 6.07) is 3.04. The van der Waals surface area contributed by atoms with Crippen LogP contribution >= 0.6 is 6.38 Å². The van der Waals surface area contributed by atoms with Gasteiger partial charge in [-0.25, -0.2) is 0 Å². The Labute approximate surface area is 167 Å². The van der Waals surface area contributed by atoms with Crippen LogP contribution in [0.2, 0.25) is 36.3 Å². The van der Waals surface area contributed by atoms with E-state index in [0.717, 1.165) is 0 Å². The zero-order valence-electron chi connectivity index (χ0n) is 16.7. The van der Waals surface area contributed by atoms with E-state index in [4.69, 9.17) is 4.52 Å². The standard InChI is InChI=1S/C21H37O3PSi2/c1-8-15-24-25(22,23,26(16-9-2,17-10-3)18-11-4)27(19-12-5,20-13-6)21-14-7/h8-14,22-23H,1-7,15-21H2. The molecule has 0 unspecified atom stereocenters. The molecule has 0 amide bonds. The summed E-state index contributed by atoms with van der Waals surface area (Å²) in [5.41, 5.74) is 0. The van der Waals surface area contributed by atoms with Crippen molar-refractivity contribution in [3.63, 3.8) is 0 Å². The average molecular weight is 425 g/mol. The molecule has 0 bridgehead atoms. The fourth-order valence-corrected chi connectivity index (χ4v) is 39.6. The summed E-state index contributed by atoms with van der Waals surface area (Å²) in [5.74, 6) is 0. The van der Waals surface area contributed by atoms with Crippen LogP contribution in [0.5, 0.6) is 0 Å². The van der Waals surface area contributed by atoms with E-state index in [0.29, 0.717) is 36.3 Å². The Kier molecular flexibility index (Phi) is 10.6. The van der Waals surface area contributed by atoms with Gasteiger partial charge in [-0.1, -0.05) is 0 Å². The van der Waals surface area contributed by atoms with Gasteiger partial charge in [0, 0.05) is 0 Å². The molecule has 0 heterocycles. The van der Waals surface area contributed by atoms with Crippen molar-refractivity contribution in [1.29, 1.82) is 0 Å². The quantitative estimate of drug-likeness (QED) is 0.160. The Morgan fingerprint density at radius 1 is 0.556 bits per heavy atom. The SMILES string of the molecule is C=CCOP(O)(O)([Si](CC=C)(CC=C)CC=C)[Si](CC=C)(CC=C)CC=C. The van der Waals surface area contributed by atoms with E-state index in [9.17, 15) is 9.79 Å². The van der Waals surface area contributed by atoms with Gasteiger partial charge in [0.05, 0.1) is 0 Å². The predicted molar refractivity (Wildman–Crippen MR) is 129 cm³/mol. The molecule has 0 saturated heterocycles. The second-order valence-corrected chi connectivity index (χ2v) is 28.3. The van der Waals surface area contributed by atoms with E-state index in [1.807, 2.05) is 0 Å². The number of allylic oxidation sites excluding steroid dienone is 6. The van der Waals surface area contributed by atoms with Crippen LogP contribution in [0.4, 0.5) is 0 Å². The monoisotopic (exact) mass is 424 g/mol. The van der Waals surface area contributed by atoms with Gasteiger partial charge in [-0.05, 0) is 0 Å². The minimum atomic E-state index is -4.69. The Morgan fingerprint density at radius 2 is 0.815 bits per heavy atom. The third-order valence-electron chi connectivity index (χ3n) is 5.29. The summed E-state index contributed by atoms with van der Waals surface area (Å²) in [7, 11) is -5.84. The third kappa shape index (κ3) is 4.68. The van der Waals surface area contributed by atoms with Crippen LogP contribution in [-0.4, -0.2) is 31.9 Å². The van der Waals surface area contributed by atoms with Gasteiger partial charge in [0.2, 0.25) is 0 Å². The van der Waals surface area contributed by atoms with E-state index in [1.54, 1.807) is 42.5 Å². The van der Waals surface area contributed by atoms with Crippen LogP contribution in [0.15, 0.2) is 88.6 Å². The first kappa shape index (κ1) is 25.9. The summed E-state index contributed by atoms with van der Waals surface area (Å²) >= 11 is 0. The van der Waals surface area contributed by atoms with Crippen molar-refractivity contribution in [3.05, 3.63) is 88.6 Å². The van der Waals surface area contributed by atoms with E-state index < -0.39 is 21.9 Å². The van der Waals surface area contributed by atoms with E-state index >= 15 is 0 Å². The molecule has 2 N–H and O–H groups in total. The van der Waals surface area contributed by atoms with Crippen LogP contribution in [-0.2, 0) is 4.52 Å². The van der Waals surface area contributed by atoms with Gasteiger partial charge in [-0.15, -0.1) is 0 Å². The Morgan fingerprint density at radius 3 is 1.00 bits per heavy atom. The van der Waals surface area contributed by atoms with Gasteiger partial charge >= 0.3 is 168 Å². The maximum atomic E-state index is 12.5. The summed E-state index contributed by atoms with van der Waals surface area (Å²) in [6.07, 6.45) is 7.54. The summed E-state index contributed by atoms with van der Waals surface area (Å²) < 4.78 is 6.17. The molecule has 27 heavy (non-hydrogen) atoms. The zero-order chi connectivity index (χ0) is 21.1. The molecule has 0 aliphatic carbocycles. The summed E-state index contributed by atoms with van der Waals surface area (Å²) in [4.78, 5) is 24.9. The van der Waals surface area contributed by atoms with Gasteiger partial charge in [0.1, 0.15) is 0 Å². The van der Waals surface area contributed by atoms with Crippen molar-refractivity contribution in [2.45, 2.75) is 36.3 Å². The number of hydrogen-bond acceptors (Lipinski definition) is 3. The zero-order valence-corrected chi connectivity index (χ0v) is 19.6. The molecule has 0 atom stereocenters. The molecule has 0 rings (SSSR count). The van der Waals surface area contributed by atoms with Gasteiger partial charge < -0.3 is 0 Å². The maximum absolute atomic E-state index is 12.5. The number of hydrogen-bond donors (Lipinski definition) is 2. The second-order valence-electron chi connectivity index (χ2n) is 6.94. The van der Waals surface area contributed by atoms with Crippen molar-refractivity contribution in [3.8, 4) is 0 Å². The van der Waals surface area contributed by atoms with Gasteiger partial charge in [-0.2, -0.15) is 0 Å². The molecule has 3 nitrogen and oxygen atoms in total. The minimum absolute atomic E-state index is 0.0746. The number of rotatable bonds is 17. The van der Waals surface area contributed by atoms with Crippen molar-refractivity contribution >= 4 is 21.9 Å². The molecule has 0 saturated carbocycles. The molecule has 6 heteroatoms. The molecular formula is C21H37O3PSi2. The molecule has 0 aliphatic rings. The topological polar surface area (TPSA) is 49.7 Å². The van der Waals surface area contributed by atoms with Crippen molar-refractivity contribution in [1.82, 2.24) is 0 Å². The Balaban J connectivity index is 7.21. The molecule has 0 aromatic carbocycles. The van der Waals surface area contributed by atoms with Crippen LogP contribution in [0.1, 0.15) is 0 Å². The molecule has 0 radical (unpaired) electrons.